The molecule has 2 aromatic heterocycles. The van der Waals surface area contributed by atoms with Crippen molar-refractivity contribution in [3.05, 3.63) is 34.7 Å². The highest BCUT2D eigenvalue weighted by atomic mass is 35.5. The van der Waals surface area contributed by atoms with Crippen LogP contribution < -0.4 is 0 Å². The Morgan fingerprint density at radius 2 is 1.93 bits per heavy atom. The highest BCUT2D eigenvalue weighted by Gasteiger charge is 2.26. The van der Waals surface area contributed by atoms with Crippen molar-refractivity contribution in [3.63, 3.8) is 0 Å². The van der Waals surface area contributed by atoms with Gasteiger partial charge in [0.15, 0.2) is 11.6 Å². The number of hydrogen-bond donors (Lipinski definition) is 0. The molecule has 1 aliphatic heterocycles. The fraction of sp³-hybridized carbons (Fsp3) is 0.500. The first-order chi connectivity index (χ1) is 13.0. The lowest BCUT2D eigenvalue weighted by Crippen LogP contribution is -2.30. The zero-order valence-electron chi connectivity index (χ0n) is 16.6. The molecule has 1 aliphatic rings. The highest BCUT2D eigenvalue weighted by Crippen LogP contribution is 2.33. The van der Waals surface area contributed by atoms with Crippen molar-refractivity contribution >= 4 is 22.6 Å². The lowest BCUT2D eigenvalue weighted by atomic mass is 10.2. The second-order valence-corrected chi connectivity index (χ2v) is 7.23. The summed E-state index contributed by atoms with van der Waals surface area (Å²) in [6, 6.07) is 5.41. The number of nitrogens with zero attached hydrogens (tertiary/aromatic N) is 5. The van der Waals surface area contributed by atoms with Crippen molar-refractivity contribution < 1.29 is 4.39 Å². The number of para-hydroxylation sites is 1. The molecular weight excluding hydrogens is 365 g/mol. The van der Waals surface area contributed by atoms with Gasteiger partial charge in [-0.15, -0.1) is 0 Å². The third-order valence-corrected chi connectivity index (χ3v) is 5.36. The van der Waals surface area contributed by atoms with Crippen molar-refractivity contribution in [1.82, 2.24) is 24.2 Å². The smallest absolute Gasteiger partial charge is 0.163 e. The van der Waals surface area contributed by atoms with E-state index in [0.29, 0.717) is 28.1 Å². The number of hydrogen-bond acceptors (Lipinski definition) is 3. The molecule has 0 atom stereocenters. The molecule has 0 N–H and O–H groups in total. The van der Waals surface area contributed by atoms with Gasteiger partial charge in [0.25, 0.3) is 0 Å². The number of rotatable bonds is 2. The first kappa shape index (κ1) is 19.8. The van der Waals surface area contributed by atoms with Crippen LogP contribution in [0.3, 0.4) is 0 Å². The highest BCUT2D eigenvalue weighted by molar-refractivity contribution is 6.33. The average molecular weight is 392 g/mol. The van der Waals surface area contributed by atoms with E-state index in [1.807, 2.05) is 36.2 Å². The second-order valence-electron chi connectivity index (χ2n) is 6.85. The van der Waals surface area contributed by atoms with Crippen LogP contribution >= 0.6 is 11.6 Å². The van der Waals surface area contributed by atoms with Gasteiger partial charge in [-0.25, -0.2) is 9.37 Å². The molecule has 0 saturated heterocycles. The first-order valence-electron chi connectivity index (χ1n) is 9.58. The molecule has 0 aliphatic carbocycles. The number of benzene rings is 1. The normalized spacial score (nSPS) is 14.8. The van der Waals surface area contributed by atoms with E-state index in [0.717, 1.165) is 37.3 Å². The van der Waals surface area contributed by atoms with Gasteiger partial charge < -0.3 is 4.57 Å². The Labute approximate surface area is 164 Å². The minimum absolute atomic E-state index is 0.331. The van der Waals surface area contributed by atoms with E-state index < -0.39 is 0 Å². The molecule has 0 bridgehead atoms. The van der Waals surface area contributed by atoms with Gasteiger partial charge in [0.2, 0.25) is 0 Å². The van der Waals surface area contributed by atoms with Gasteiger partial charge in [-0.05, 0) is 32.4 Å². The van der Waals surface area contributed by atoms with Crippen LogP contribution in [0.1, 0.15) is 39.8 Å². The van der Waals surface area contributed by atoms with Crippen LogP contribution in [0.15, 0.2) is 18.2 Å². The molecule has 27 heavy (non-hydrogen) atoms. The molecule has 0 fully saturated rings. The van der Waals surface area contributed by atoms with Crippen molar-refractivity contribution in [3.8, 4) is 11.5 Å². The second kappa shape index (κ2) is 7.98. The third-order valence-electron chi connectivity index (χ3n) is 4.97. The van der Waals surface area contributed by atoms with Gasteiger partial charge >= 0.3 is 0 Å². The topological polar surface area (TPSA) is 38.9 Å². The Hall–Kier alpha value is -1.92. The standard InChI is InChI=1S/C18H21ClFN5.C2H6/c1-11(2)24-8-5-9-25-14(10-24)15(19)17(22-25)18-21-16-12(20)6-4-7-13(16)23(18)3;1-2/h4,6-7,11H,5,8-10H2,1-3H3;1-2H3. The lowest BCUT2D eigenvalue weighted by molar-refractivity contribution is 0.216. The number of fused-ring (bicyclic) bond motifs is 2. The number of imidazole rings is 1. The summed E-state index contributed by atoms with van der Waals surface area (Å²) in [5, 5.41) is 5.33. The number of halogens is 2. The summed E-state index contributed by atoms with van der Waals surface area (Å²) in [5.74, 6) is 0.268. The molecule has 0 spiro atoms. The maximum absolute atomic E-state index is 14.1. The van der Waals surface area contributed by atoms with Gasteiger partial charge in [0, 0.05) is 32.7 Å². The van der Waals surface area contributed by atoms with Crippen LogP contribution in [0.2, 0.25) is 5.02 Å². The van der Waals surface area contributed by atoms with Crippen molar-refractivity contribution in [2.75, 3.05) is 6.54 Å². The van der Waals surface area contributed by atoms with E-state index in [-0.39, 0.29) is 5.82 Å². The summed E-state index contributed by atoms with van der Waals surface area (Å²) < 4.78 is 17.9. The fourth-order valence-corrected chi connectivity index (χ4v) is 3.76. The zero-order chi connectivity index (χ0) is 19.7. The fourth-order valence-electron chi connectivity index (χ4n) is 3.48. The van der Waals surface area contributed by atoms with Crippen LogP contribution in [0.5, 0.6) is 0 Å². The largest absolute Gasteiger partial charge is 0.326 e. The minimum atomic E-state index is -0.331. The SMILES string of the molecule is CC.CC(C)N1CCCn2nc(-c3nc4c(F)cccc4n3C)c(Cl)c2C1. The molecule has 146 valence electrons. The summed E-state index contributed by atoms with van der Waals surface area (Å²) in [6.45, 7) is 11.0. The van der Waals surface area contributed by atoms with E-state index in [4.69, 9.17) is 16.7 Å². The van der Waals surface area contributed by atoms with Crippen molar-refractivity contribution in [2.24, 2.45) is 7.05 Å². The van der Waals surface area contributed by atoms with Crippen LogP contribution in [-0.4, -0.2) is 36.8 Å². The molecule has 1 aromatic carbocycles. The molecule has 0 amide bonds. The maximum Gasteiger partial charge on any atom is 0.163 e. The zero-order valence-corrected chi connectivity index (χ0v) is 17.4. The van der Waals surface area contributed by atoms with Crippen molar-refractivity contribution in [1.29, 1.82) is 0 Å². The number of aromatic nitrogens is 4. The summed E-state index contributed by atoms with van der Waals surface area (Å²) >= 11 is 6.70. The molecule has 4 rings (SSSR count). The van der Waals surface area contributed by atoms with E-state index in [1.54, 1.807) is 6.07 Å². The summed E-state index contributed by atoms with van der Waals surface area (Å²) in [6.07, 6.45) is 1.03. The maximum atomic E-state index is 14.1. The molecule has 0 radical (unpaired) electrons. The van der Waals surface area contributed by atoms with E-state index in [9.17, 15) is 4.39 Å². The Kier molecular flexibility index (Phi) is 5.86. The third kappa shape index (κ3) is 3.48. The molecule has 3 aromatic rings. The Bertz CT molecular complexity index is 944. The van der Waals surface area contributed by atoms with Crippen LogP contribution in [0.4, 0.5) is 4.39 Å². The quantitative estimate of drug-likeness (QED) is 0.625. The Morgan fingerprint density at radius 1 is 1.19 bits per heavy atom. The first-order valence-corrected chi connectivity index (χ1v) is 9.95. The van der Waals surface area contributed by atoms with Gasteiger partial charge in [-0.3, -0.25) is 9.58 Å². The van der Waals surface area contributed by atoms with E-state index >= 15 is 0 Å². The van der Waals surface area contributed by atoms with E-state index in [1.165, 1.54) is 6.07 Å². The average Bonchev–Trinajstić information content (AvgIpc) is 3.05. The van der Waals surface area contributed by atoms with Crippen molar-refractivity contribution in [2.45, 2.75) is 53.2 Å². The Morgan fingerprint density at radius 3 is 2.59 bits per heavy atom. The summed E-state index contributed by atoms with van der Waals surface area (Å²) in [4.78, 5) is 6.87. The summed E-state index contributed by atoms with van der Waals surface area (Å²) in [5.41, 5.74) is 2.72. The van der Waals surface area contributed by atoms with Gasteiger partial charge in [-0.1, -0.05) is 31.5 Å². The van der Waals surface area contributed by atoms with Crippen LogP contribution in [0.25, 0.3) is 22.6 Å². The molecule has 3 heterocycles. The minimum Gasteiger partial charge on any atom is -0.326 e. The molecule has 0 unspecified atom stereocenters. The van der Waals surface area contributed by atoms with Gasteiger partial charge in [-0.2, -0.15) is 5.10 Å². The van der Waals surface area contributed by atoms with Gasteiger partial charge in [0.1, 0.15) is 11.2 Å². The monoisotopic (exact) mass is 391 g/mol. The molecule has 5 nitrogen and oxygen atoms in total. The predicted molar refractivity (Wildman–Crippen MR) is 108 cm³/mol. The van der Waals surface area contributed by atoms with Gasteiger partial charge in [0.05, 0.1) is 16.2 Å². The van der Waals surface area contributed by atoms with Crippen LogP contribution in [-0.2, 0) is 20.1 Å². The predicted octanol–water partition coefficient (Wildman–Crippen LogP) is 4.87. The van der Waals surface area contributed by atoms with E-state index in [2.05, 4.69) is 23.7 Å². The molecule has 0 saturated carbocycles. The summed E-state index contributed by atoms with van der Waals surface area (Å²) in [7, 11) is 1.87. The molecule has 7 heteroatoms. The molecular formula is C20H27ClFN5. The number of aryl methyl sites for hydroxylation is 2. The lowest BCUT2D eigenvalue weighted by Gasteiger charge is -2.23. The Balaban J connectivity index is 0.00000102. The van der Waals surface area contributed by atoms with Crippen LogP contribution in [0, 0.1) is 5.82 Å².